The summed E-state index contributed by atoms with van der Waals surface area (Å²) >= 11 is 1.06. The molecule has 0 spiro atoms. The number of aromatic nitrogens is 1. The minimum atomic E-state index is -0.834. The predicted octanol–water partition coefficient (Wildman–Crippen LogP) is 2.64. The van der Waals surface area contributed by atoms with E-state index in [2.05, 4.69) is 10.3 Å². The predicted molar refractivity (Wildman–Crippen MR) is 90.0 cm³/mol. The minimum Gasteiger partial charge on any atom is -0.302 e. The molecule has 1 amide bonds. The number of non-ortho nitro benzene ring substituents is 1. The number of ketones is 2. The number of rotatable bonds is 4. The Morgan fingerprint density at radius 3 is 2.60 bits per heavy atom. The maximum absolute atomic E-state index is 12.6. The second-order valence-electron chi connectivity index (χ2n) is 5.60. The number of benzene rings is 1. The Hall–Kier alpha value is -2.94. The Kier molecular flexibility index (Phi) is 4.41. The summed E-state index contributed by atoms with van der Waals surface area (Å²) < 4.78 is 0. The zero-order valence-electron chi connectivity index (χ0n) is 13.1. The molecular weight excluding hydrogens is 346 g/mol. The Morgan fingerprint density at radius 1 is 1.32 bits per heavy atom. The smallest absolute Gasteiger partial charge is 0.269 e. The fraction of sp³-hybridized carbons (Fsp3) is 0.250. The zero-order valence-corrected chi connectivity index (χ0v) is 14.0. The molecule has 1 heterocycles. The van der Waals surface area contributed by atoms with E-state index in [1.54, 1.807) is 0 Å². The van der Waals surface area contributed by atoms with Gasteiger partial charge in [-0.25, -0.2) is 4.98 Å². The van der Waals surface area contributed by atoms with Gasteiger partial charge < -0.3 is 5.32 Å². The van der Waals surface area contributed by atoms with Crippen LogP contribution in [0.25, 0.3) is 0 Å². The highest BCUT2D eigenvalue weighted by molar-refractivity contribution is 7.17. The minimum absolute atomic E-state index is 0.115. The fourth-order valence-corrected chi connectivity index (χ4v) is 3.74. The van der Waals surface area contributed by atoms with Crippen LogP contribution in [0.2, 0.25) is 0 Å². The lowest BCUT2D eigenvalue weighted by atomic mass is 9.84. The molecule has 1 atom stereocenters. The Morgan fingerprint density at radius 2 is 2.00 bits per heavy atom. The van der Waals surface area contributed by atoms with Crippen molar-refractivity contribution in [3.63, 3.8) is 0 Å². The molecule has 0 saturated heterocycles. The van der Waals surface area contributed by atoms with Crippen molar-refractivity contribution in [3.05, 3.63) is 50.5 Å². The van der Waals surface area contributed by atoms with Gasteiger partial charge in [0.25, 0.3) is 5.69 Å². The topological polar surface area (TPSA) is 119 Å². The first-order valence-electron chi connectivity index (χ1n) is 7.47. The number of Topliss-reactive ketones (excluding diaryl/α,β-unsaturated/α-hetero) is 2. The van der Waals surface area contributed by atoms with E-state index in [9.17, 15) is 24.5 Å². The number of nitro groups is 1. The van der Waals surface area contributed by atoms with E-state index >= 15 is 0 Å². The highest BCUT2D eigenvalue weighted by Crippen LogP contribution is 2.34. The molecule has 0 radical (unpaired) electrons. The van der Waals surface area contributed by atoms with Gasteiger partial charge in [0.05, 0.1) is 21.4 Å². The number of hydrogen-bond donors (Lipinski definition) is 1. The molecule has 0 aliphatic heterocycles. The summed E-state index contributed by atoms with van der Waals surface area (Å²) in [7, 11) is 0. The Balaban J connectivity index is 1.83. The highest BCUT2D eigenvalue weighted by Gasteiger charge is 2.36. The van der Waals surface area contributed by atoms with Crippen LogP contribution in [-0.4, -0.2) is 27.4 Å². The second-order valence-corrected chi connectivity index (χ2v) is 6.60. The lowest BCUT2D eigenvalue weighted by molar-refractivity contribution is -0.384. The fourth-order valence-electron chi connectivity index (χ4n) is 2.69. The molecule has 2 aromatic rings. The number of fused-ring (bicyclic) bond motifs is 1. The van der Waals surface area contributed by atoms with Crippen LogP contribution in [0, 0.1) is 16.0 Å². The van der Waals surface area contributed by atoms with Crippen LogP contribution < -0.4 is 5.32 Å². The molecule has 0 saturated carbocycles. The first kappa shape index (κ1) is 16.9. The van der Waals surface area contributed by atoms with Gasteiger partial charge in [0.2, 0.25) is 5.91 Å². The van der Waals surface area contributed by atoms with Gasteiger partial charge in [0.15, 0.2) is 16.7 Å². The van der Waals surface area contributed by atoms with Crippen molar-refractivity contribution in [1.82, 2.24) is 4.98 Å². The van der Waals surface area contributed by atoms with Crippen molar-refractivity contribution in [1.29, 1.82) is 0 Å². The van der Waals surface area contributed by atoms with Crippen LogP contribution in [-0.2, 0) is 11.2 Å². The first-order chi connectivity index (χ1) is 11.9. The SMILES string of the molecule is CC(=O)Nc1nc2c(s1)C(=O)[C@@H](C(=O)c1ccc([N+](=O)[O-])cc1)CC2. The molecule has 1 aliphatic rings. The highest BCUT2D eigenvalue weighted by atomic mass is 32.1. The van der Waals surface area contributed by atoms with Crippen LogP contribution in [0.15, 0.2) is 24.3 Å². The van der Waals surface area contributed by atoms with E-state index in [0.29, 0.717) is 28.5 Å². The van der Waals surface area contributed by atoms with Crippen LogP contribution in [0.5, 0.6) is 0 Å². The van der Waals surface area contributed by atoms with Crippen molar-refractivity contribution >= 4 is 39.6 Å². The van der Waals surface area contributed by atoms with Crippen molar-refractivity contribution in [2.75, 3.05) is 5.32 Å². The number of nitro benzene ring substituents is 1. The third kappa shape index (κ3) is 3.31. The molecule has 3 rings (SSSR count). The normalized spacial score (nSPS) is 16.2. The van der Waals surface area contributed by atoms with E-state index in [0.717, 1.165) is 11.3 Å². The van der Waals surface area contributed by atoms with E-state index in [1.165, 1.54) is 31.2 Å². The number of hydrogen-bond acceptors (Lipinski definition) is 7. The lowest BCUT2D eigenvalue weighted by Gasteiger charge is -2.18. The van der Waals surface area contributed by atoms with Crippen molar-refractivity contribution in [2.45, 2.75) is 19.8 Å². The summed E-state index contributed by atoms with van der Waals surface area (Å²) in [4.78, 5) is 51.1. The van der Waals surface area contributed by atoms with Crippen molar-refractivity contribution < 1.29 is 19.3 Å². The van der Waals surface area contributed by atoms with Crippen LogP contribution in [0.3, 0.4) is 0 Å². The molecular formula is C16H13N3O5S. The third-order valence-corrected chi connectivity index (χ3v) is 4.90. The molecule has 1 N–H and O–H groups in total. The number of aryl methyl sites for hydroxylation is 1. The van der Waals surface area contributed by atoms with E-state index in [1.807, 2.05) is 0 Å². The Labute approximate surface area is 146 Å². The second kappa shape index (κ2) is 6.52. The lowest BCUT2D eigenvalue weighted by Crippen LogP contribution is -2.28. The molecule has 8 nitrogen and oxygen atoms in total. The van der Waals surface area contributed by atoms with E-state index in [-0.39, 0.29) is 28.7 Å². The van der Waals surface area contributed by atoms with Gasteiger partial charge in [-0.15, -0.1) is 0 Å². The summed E-state index contributed by atoms with van der Waals surface area (Å²) in [6, 6.07) is 5.21. The average Bonchev–Trinajstić information content (AvgIpc) is 2.97. The van der Waals surface area contributed by atoms with Gasteiger partial charge in [-0.2, -0.15) is 0 Å². The van der Waals surface area contributed by atoms with Gasteiger partial charge in [-0.1, -0.05) is 11.3 Å². The molecule has 0 fully saturated rings. The van der Waals surface area contributed by atoms with Crippen molar-refractivity contribution in [3.8, 4) is 0 Å². The Bertz CT molecular complexity index is 888. The summed E-state index contributed by atoms with van der Waals surface area (Å²) in [5.74, 6) is -1.80. The maximum Gasteiger partial charge on any atom is 0.269 e. The molecule has 1 aliphatic carbocycles. The summed E-state index contributed by atoms with van der Waals surface area (Å²) in [6.45, 7) is 1.35. The number of anilines is 1. The molecule has 1 aromatic heterocycles. The summed E-state index contributed by atoms with van der Waals surface area (Å²) in [6.07, 6.45) is 0.783. The van der Waals surface area contributed by atoms with Crippen molar-refractivity contribution in [2.24, 2.45) is 5.92 Å². The van der Waals surface area contributed by atoms with Gasteiger partial charge >= 0.3 is 0 Å². The molecule has 128 valence electrons. The molecule has 25 heavy (non-hydrogen) atoms. The molecule has 0 unspecified atom stereocenters. The largest absolute Gasteiger partial charge is 0.302 e. The van der Waals surface area contributed by atoms with E-state index in [4.69, 9.17) is 0 Å². The van der Waals surface area contributed by atoms with Crippen LogP contribution >= 0.6 is 11.3 Å². The monoisotopic (exact) mass is 359 g/mol. The number of carbonyl (C=O) groups excluding carboxylic acids is 3. The maximum atomic E-state index is 12.6. The number of amides is 1. The quantitative estimate of drug-likeness (QED) is 0.388. The summed E-state index contributed by atoms with van der Waals surface area (Å²) in [5.41, 5.74) is 0.738. The number of nitrogens with zero attached hydrogens (tertiary/aromatic N) is 2. The average molecular weight is 359 g/mol. The zero-order chi connectivity index (χ0) is 18.1. The van der Waals surface area contributed by atoms with Gasteiger partial charge in [-0.3, -0.25) is 24.5 Å². The van der Waals surface area contributed by atoms with Gasteiger partial charge in [-0.05, 0) is 25.0 Å². The molecule has 9 heteroatoms. The molecule has 0 bridgehead atoms. The number of nitrogens with one attached hydrogen (secondary N) is 1. The third-order valence-electron chi connectivity index (χ3n) is 3.87. The number of carbonyl (C=O) groups is 3. The first-order valence-corrected chi connectivity index (χ1v) is 8.28. The van der Waals surface area contributed by atoms with Gasteiger partial charge in [0, 0.05) is 24.6 Å². The molecule has 1 aromatic carbocycles. The van der Waals surface area contributed by atoms with E-state index < -0.39 is 10.8 Å². The summed E-state index contributed by atoms with van der Waals surface area (Å²) in [5, 5.41) is 13.6. The standard InChI is InChI=1S/C16H13N3O5S/c1-8(20)17-16-18-12-7-6-11(14(22)15(12)25-16)13(21)9-2-4-10(5-3-9)19(23)24/h2-5,11H,6-7H2,1H3,(H,17,18,20)/t11-/m1/s1. The van der Waals surface area contributed by atoms with Gasteiger partial charge in [0.1, 0.15) is 0 Å². The van der Waals surface area contributed by atoms with Crippen LogP contribution in [0.1, 0.15) is 39.1 Å². The number of thiazole rings is 1. The van der Waals surface area contributed by atoms with Crippen LogP contribution in [0.4, 0.5) is 10.8 Å².